The normalized spacial score (nSPS) is 19.5. The van der Waals surface area contributed by atoms with Gasteiger partial charge >= 0.3 is 5.97 Å². The molecule has 1 aliphatic rings. The van der Waals surface area contributed by atoms with Gasteiger partial charge in [0, 0.05) is 6.04 Å². The van der Waals surface area contributed by atoms with Crippen LogP contribution in [0.3, 0.4) is 0 Å². The van der Waals surface area contributed by atoms with Crippen molar-refractivity contribution >= 4 is 26.8 Å². The van der Waals surface area contributed by atoms with E-state index in [4.69, 9.17) is 9.47 Å². The van der Waals surface area contributed by atoms with Gasteiger partial charge in [-0.3, -0.25) is 4.79 Å². The molecule has 0 spiro atoms. The molecule has 2 atom stereocenters. The Morgan fingerprint density at radius 1 is 1.07 bits per heavy atom. The number of carbonyl (C=O) groups excluding carboxylic acids is 1. The standard InChI is InChI=1S/C23H31NO5S/c1-3-5-14-29-19-12-10-18-16-20(13-11-17(18)15-19)30(26,27)24-22-9-7-6-8-21(22)23(25)28-4-2/h10-13,15-16,21-22,24H,3-9,14H2,1-2H3/t21-,22+/m1/s1. The van der Waals surface area contributed by atoms with Gasteiger partial charge in [-0.1, -0.05) is 38.3 Å². The lowest BCUT2D eigenvalue weighted by atomic mass is 9.85. The van der Waals surface area contributed by atoms with Gasteiger partial charge in [0.1, 0.15) is 5.75 Å². The van der Waals surface area contributed by atoms with Crippen molar-refractivity contribution in [3.8, 4) is 5.75 Å². The van der Waals surface area contributed by atoms with Crippen LogP contribution in [0.25, 0.3) is 10.8 Å². The number of carbonyl (C=O) groups is 1. The SMILES string of the molecule is CCCCOc1ccc2cc(S(=O)(=O)N[C@H]3CCCC[C@H]3C(=O)OCC)ccc2c1. The fraction of sp³-hybridized carbons (Fsp3) is 0.522. The van der Waals surface area contributed by atoms with E-state index in [1.807, 2.05) is 18.2 Å². The van der Waals surface area contributed by atoms with E-state index in [0.29, 0.717) is 26.1 Å². The van der Waals surface area contributed by atoms with E-state index in [0.717, 1.165) is 42.2 Å². The van der Waals surface area contributed by atoms with Crippen molar-refractivity contribution in [2.75, 3.05) is 13.2 Å². The predicted molar refractivity (Wildman–Crippen MR) is 117 cm³/mol. The van der Waals surface area contributed by atoms with E-state index in [-0.39, 0.29) is 10.9 Å². The molecule has 1 N–H and O–H groups in total. The maximum Gasteiger partial charge on any atom is 0.310 e. The highest BCUT2D eigenvalue weighted by atomic mass is 32.2. The Kier molecular flexibility index (Phi) is 7.72. The van der Waals surface area contributed by atoms with Crippen molar-refractivity contribution < 1.29 is 22.7 Å². The minimum Gasteiger partial charge on any atom is -0.494 e. The van der Waals surface area contributed by atoms with E-state index >= 15 is 0 Å². The first-order chi connectivity index (χ1) is 14.4. The van der Waals surface area contributed by atoms with E-state index in [2.05, 4.69) is 11.6 Å². The molecule has 2 aromatic carbocycles. The van der Waals surface area contributed by atoms with Crippen LogP contribution in [0.4, 0.5) is 0 Å². The Labute approximate surface area is 179 Å². The molecule has 2 aromatic rings. The molecule has 0 unspecified atom stereocenters. The molecule has 6 nitrogen and oxygen atoms in total. The molecule has 30 heavy (non-hydrogen) atoms. The van der Waals surface area contributed by atoms with Crippen LogP contribution in [0.5, 0.6) is 5.75 Å². The molecule has 0 aromatic heterocycles. The Morgan fingerprint density at radius 2 is 1.80 bits per heavy atom. The molecule has 1 fully saturated rings. The summed E-state index contributed by atoms with van der Waals surface area (Å²) in [7, 11) is -3.75. The second-order valence-corrected chi connectivity index (χ2v) is 9.46. The van der Waals surface area contributed by atoms with Crippen molar-refractivity contribution in [3.05, 3.63) is 36.4 Å². The largest absolute Gasteiger partial charge is 0.494 e. The zero-order valence-electron chi connectivity index (χ0n) is 17.7. The number of ether oxygens (including phenoxy) is 2. The number of hydrogen-bond donors (Lipinski definition) is 1. The monoisotopic (exact) mass is 433 g/mol. The number of esters is 1. The van der Waals surface area contributed by atoms with Crippen LogP contribution in [-0.4, -0.2) is 33.6 Å². The van der Waals surface area contributed by atoms with Crippen LogP contribution in [0, 0.1) is 5.92 Å². The lowest BCUT2D eigenvalue weighted by Crippen LogP contribution is -2.45. The first-order valence-corrected chi connectivity index (χ1v) is 12.3. The van der Waals surface area contributed by atoms with Gasteiger partial charge in [0.15, 0.2) is 0 Å². The average Bonchev–Trinajstić information content (AvgIpc) is 2.74. The molecule has 1 aliphatic carbocycles. The molecular formula is C23H31NO5S. The molecule has 0 saturated heterocycles. The molecule has 0 radical (unpaired) electrons. The molecule has 0 heterocycles. The van der Waals surface area contributed by atoms with Crippen molar-refractivity contribution in [2.24, 2.45) is 5.92 Å². The van der Waals surface area contributed by atoms with Gasteiger partial charge in [0.2, 0.25) is 10.0 Å². The topological polar surface area (TPSA) is 81.7 Å². The number of unbranched alkanes of at least 4 members (excludes halogenated alkanes) is 1. The number of nitrogens with one attached hydrogen (secondary N) is 1. The summed E-state index contributed by atoms with van der Waals surface area (Å²) < 4.78 is 39.7. The first-order valence-electron chi connectivity index (χ1n) is 10.8. The van der Waals surface area contributed by atoms with Gasteiger partial charge in [-0.25, -0.2) is 13.1 Å². The van der Waals surface area contributed by atoms with Crippen molar-refractivity contribution in [1.29, 1.82) is 0 Å². The summed E-state index contributed by atoms with van der Waals surface area (Å²) in [5.74, 6) is 0.0277. The van der Waals surface area contributed by atoms with E-state index in [1.165, 1.54) is 0 Å². The number of fused-ring (bicyclic) bond motifs is 1. The van der Waals surface area contributed by atoms with E-state index in [9.17, 15) is 13.2 Å². The van der Waals surface area contributed by atoms with Gasteiger partial charge in [-0.2, -0.15) is 0 Å². The second kappa shape index (κ2) is 10.3. The first kappa shape index (κ1) is 22.6. The zero-order valence-corrected chi connectivity index (χ0v) is 18.5. The summed E-state index contributed by atoms with van der Waals surface area (Å²) >= 11 is 0. The maximum atomic E-state index is 13.0. The highest BCUT2D eigenvalue weighted by Gasteiger charge is 2.35. The highest BCUT2D eigenvalue weighted by Crippen LogP contribution is 2.28. The van der Waals surface area contributed by atoms with Crippen LogP contribution in [0.15, 0.2) is 41.3 Å². The van der Waals surface area contributed by atoms with Gasteiger partial charge in [0.05, 0.1) is 24.0 Å². The zero-order chi connectivity index (χ0) is 21.6. The summed E-state index contributed by atoms with van der Waals surface area (Å²) in [4.78, 5) is 12.5. The van der Waals surface area contributed by atoms with Crippen LogP contribution in [0.1, 0.15) is 52.4 Å². The molecule has 1 saturated carbocycles. The summed E-state index contributed by atoms with van der Waals surface area (Å²) in [5, 5.41) is 1.75. The summed E-state index contributed by atoms with van der Waals surface area (Å²) in [5.41, 5.74) is 0. The van der Waals surface area contributed by atoms with Crippen LogP contribution in [-0.2, 0) is 19.6 Å². The molecule has 3 rings (SSSR count). The van der Waals surface area contributed by atoms with E-state index in [1.54, 1.807) is 25.1 Å². The third-order valence-electron chi connectivity index (χ3n) is 5.52. The molecule has 0 bridgehead atoms. The smallest absolute Gasteiger partial charge is 0.310 e. The van der Waals surface area contributed by atoms with Gasteiger partial charge in [0.25, 0.3) is 0 Å². The van der Waals surface area contributed by atoms with E-state index < -0.39 is 22.0 Å². The number of rotatable bonds is 9. The molecule has 0 aliphatic heterocycles. The third-order valence-corrected chi connectivity index (χ3v) is 7.01. The Hall–Kier alpha value is -2.12. The molecule has 0 amide bonds. The summed E-state index contributed by atoms with van der Waals surface area (Å²) in [6.45, 7) is 4.84. The Bertz CT molecular complexity index is 973. The second-order valence-electron chi connectivity index (χ2n) is 7.74. The molecule has 7 heteroatoms. The predicted octanol–water partition coefficient (Wildman–Crippen LogP) is 4.42. The van der Waals surface area contributed by atoms with Crippen molar-refractivity contribution in [2.45, 2.75) is 63.3 Å². The summed E-state index contributed by atoms with van der Waals surface area (Å²) in [6.07, 6.45) is 5.13. The van der Waals surface area contributed by atoms with Crippen LogP contribution >= 0.6 is 0 Å². The minimum absolute atomic E-state index is 0.197. The fourth-order valence-corrected chi connectivity index (χ4v) is 5.21. The van der Waals surface area contributed by atoms with Gasteiger partial charge in [-0.05, 0) is 61.2 Å². The quantitative estimate of drug-likeness (QED) is 0.468. The number of hydrogen-bond acceptors (Lipinski definition) is 5. The number of benzene rings is 2. The Morgan fingerprint density at radius 3 is 2.57 bits per heavy atom. The van der Waals surface area contributed by atoms with Crippen LogP contribution in [0.2, 0.25) is 0 Å². The van der Waals surface area contributed by atoms with Crippen LogP contribution < -0.4 is 9.46 Å². The average molecular weight is 434 g/mol. The molecule has 164 valence electrons. The summed E-state index contributed by atoms with van der Waals surface area (Å²) in [6, 6.07) is 10.3. The lowest BCUT2D eigenvalue weighted by Gasteiger charge is -2.30. The third kappa shape index (κ3) is 5.52. The van der Waals surface area contributed by atoms with Gasteiger partial charge in [-0.15, -0.1) is 0 Å². The van der Waals surface area contributed by atoms with Gasteiger partial charge < -0.3 is 9.47 Å². The maximum absolute atomic E-state index is 13.0. The lowest BCUT2D eigenvalue weighted by molar-refractivity contribution is -0.149. The minimum atomic E-state index is -3.75. The molecular weight excluding hydrogens is 402 g/mol. The van der Waals surface area contributed by atoms with Crippen molar-refractivity contribution in [1.82, 2.24) is 4.72 Å². The Balaban J connectivity index is 1.77. The fourth-order valence-electron chi connectivity index (χ4n) is 3.86. The highest BCUT2D eigenvalue weighted by molar-refractivity contribution is 7.89. The van der Waals surface area contributed by atoms with Crippen molar-refractivity contribution in [3.63, 3.8) is 0 Å². The number of sulfonamides is 1.